The van der Waals surface area contributed by atoms with Gasteiger partial charge in [-0.1, -0.05) is 68.4 Å². The van der Waals surface area contributed by atoms with Crippen molar-refractivity contribution in [3.05, 3.63) is 112 Å². The van der Waals surface area contributed by atoms with Crippen LogP contribution in [0.2, 0.25) is 0 Å². The van der Waals surface area contributed by atoms with Crippen molar-refractivity contribution in [1.82, 2.24) is 24.2 Å². The molecule has 2 N–H and O–H groups in total. The first kappa shape index (κ1) is 38.2. The number of carbonyl (C=O) groups is 1. The second kappa shape index (κ2) is 15.8. The van der Waals surface area contributed by atoms with Gasteiger partial charge in [0, 0.05) is 12.3 Å². The predicted octanol–water partition coefficient (Wildman–Crippen LogP) is 6.32. The lowest BCUT2D eigenvalue weighted by Crippen LogP contribution is -2.41. The number of aromatic amines is 1. The highest BCUT2D eigenvalue weighted by molar-refractivity contribution is 7.83. The number of fused-ring (bicyclic) bond motifs is 1. The average molecular weight is 765 g/mol. The van der Waals surface area contributed by atoms with Gasteiger partial charge in [-0.15, -0.1) is 0 Å². The number of rotatable bonds is 14. The summed E-state index contributed by atoms with van der Waals surface area (Å²) in [6.07, 6.45) is -0.669. The maximum atomic E-state index is 13.2. The Kier molecular flexibility index (Phi) is 11.4. The zero-order chi connectivity index (χ0) is 37.9. The van der Waals surface area contributed by atoms with Crippen LogP contribution in [0, 0.1) is 5.92 Å². The van der Waals surface area contributed by atoms with Crippen molar-refractivity contribution < 1.29 is 32.8 Å². The van der Waals surface area contributed by atoms with Crippen LogP contribution in [-0.2, 0) is 29.0 Å². The summed E-state index contributed by atoms with van der Waals surface area (Å²) in [5.74, 6) is 0.646. The minimum absolute atomic E-state index is 0.0233. The molecule has 0 aliphatic carbocycles. The van der Waals surface area contributed by atoms with Crippen LogP contribution in [0.1, 0.15) is 43.2 Å². The molecule has 53 heavy (non-hydrogen) atoms. The maximum Gasteiger partial charge on any atom is 0.362 e. The fraction of sp³-hybridized carbons (Fsp3) is 0.351. The summed E-state index contributed by atoms with van der Waals surface area (Å²) in [6.45, 7) is -0.457. The van der Waals surface area contributed by atoms with Crippen LogP contribution < -0.4 is 20.3 Å². The van der Waals surface area contributed by atoms with E-state index in [4.69, 9.17) is 34.7 Å². The number of carbonyl (C=O) groups excluding carboxylic acids is 1. The Morgan fingerprint density at radius 1 is 1.02 bits per heavy atom. The van der Waals surface area contributed by atoms with Crippen LogP contribution in [0.5, 0.6) is 11.5 Å². The molecule has 1 saturated heterocycles. The van der Waals surface area contributed by atoms with Crippen molar-refractivity contribution in [3.63, 3.8) is 0 Å². The number of hydrogen-bond donors (Lipinski definition) is 2. The van der Waals surface area contributed by atoms with E-state index in [0.717, 1.165) is 16.7 Å². The van der Waals surface area contributed by atoms with Gasteiger partial charge in [0.05, 0.1) is 33.3 Å². The Morgan fingerprint density at radius 3 is 2.15 bits per heavy atom. The van der Waals surface area contributed by atoms with Crippen LogP contribution in [0.15, 0.2) is 90.0 Å². The lowest BCUT2D eigenvalue weighted by molar-refractivity contribution is -0.118. The molecule has 4 atom stereocenters. The highest BCUT2D eigenvalue weighted by Crippen LogP contribution is 2.55. The third kappa shape index (κ3) is 7.89. The van der Waals surface area contributed by atoms with E-state index in [-0.39, 0.29) is 42.0 Å². The number of anilines is 1. The molecule has 14 nitrogen and oxygen atoms in total. The minimum Gasteiger partial charge on any atom is -0.497 e. The Morgan fingerprint density at radius 2 is 1.60 bits per heavy atom. The normalized spacial score (nSPS) is 18.7. The van der Waals surface area contributed by atoms with E-state index in [2.05, 4.69) is 20.3 Å². The third-order valence-corrected chi connectivity index (χ3v) is 11.7. The SMILES string of the molecule is COc1ccc(C(O[C@H]2C[C@H](n3cnc4c(=O)[nH]c(NC(=O)C(C)C)nc43)O[C@@H]2COP(=O)(Cl)N(C)C)(c2ccccc2)c2ccc(OC)cc2)cc1. The standard InChI is InChI=1S/C37H42ClN6O8P/c1-23(2)34(45)41-36-40-33-32(35(46)42-36)39-22-44(33)31-20-29(30(51-31)21-50-53(38,47)43(3)4)52-37(24-10-8-7-9-11-24,25-12-16-27(48-5)17-13-25)26-14-18-28(49-6)19-15-26/h7-19,22-23,29-31H,20-21H2,1-6H3,(H2,40,41,42,45,46)/t29-,30+,31+,53?/m0/s1. The zero-order valence-corrected chi connectivity index (χ0v) is 31.8. The summed E-state index contributed by atoms with van der Waals surface area (Å²) in [6, 6.07) is 25.0. The van der Waals surface area contributed by atoms with Gasteiger partial charge in [0.25, 0.3) is 5.56 Å². The summed E-state index contributed by atoms with van der Waals surface area (Å²) in [5, 5.41) is 2.65. The number of halogens is 1. The second-order valence-corrected chi connectivity index (χ2v) is 16.2. The molecule has 3 aromatic carbocycles. The van der Waals surface area contributed by atoms with E-state index in [9.17, 15) is 14.2 Å². The monoisotopic (exact) mass is 764 g/mol. The molecule has 1 aliphatic heterocycles. The predicted molar refractivity (Wildman–Crippen MR) is 200 cm³/mol. The lowest BCUT2D eigenvalue weighted by atomic mass is 9.79. The topological polar surface area (TPSA) is 159 Å². The summed E-state index contributed by atoms with van der Waals surface area (Å²) in [4.78, 5) is 37.0. The maximum absolute atomic E-state index is 13.2. The van der Waals surface area contributed by atoms with Crippen molar-refractivity contribution in [2.45, 2.75) is 44.3 Å². The third-order valence-electron chi connectivity index (χ3n) is 9.07. The van der Waals surface area contributed by atoms with Gasteiger partial charge in [-0.05, 0) is 66.3 Å². The van der Waals surface area contributed by atoms with Crippen LogP contribution >= 0.6 is 18.1 Å². The number of aromatic nitrogens is 4. The molecule has 280 valence electrons. The summed E-state index contributed by atoms with van der Waals surface area (Å²) < 4.78 is 47.0. The van der Waals surface area contributed by atoms with Gasteiger partial charge >= 0.3 is 6.87 Å². The first-order valence-electron chi connectivity index (χ1n) is 16.9. The van der Waals surface area contributed by atoms with Crippen LogP contribution in [-0.4, -0.2) is 77.2 Å². The molecule has 0 bridgehead atoms. The molecule has 1 aliphatic rings. The molecule has 6 rings (SSSR count). The number of benzene rings is 3. The number of ether oxygens (including phenoxy) is 4. The summed E-state index contributed by atoms with van der Waals surface area (Å²) in [5.41, 5.74) is 0.891. The van der Waals surface area contributed by atoms with Crippen molar-refractivity contribution in [2.24, 2.45) is 5.92 Å². The molecule has 0 radical (unpaired) electrons. The van der Waals surface area contributed by atoms with E-state index < -0.39 is 36.5 Å². The first-order valence-corrected chi connectivity index (χ1v) is 19.4. The number of methoxy groups -OCH3 is 2. The smallest absolute Gasteiger partial charge is 0.362 e. The molecule has 2 aromatic heterocycles. The van der Waals surface area contributed by atoms with Crippen LogP contribution in [0.4, 0.5) is 5.95 Å². The first-order chi connectivity index (χ1) is 25.4. The highest BCUT2D eigenvalue weighted by atomic mass is 35.7. The number of nitrogens with zero attached hydrogens (tertiary/aromatic N) is 4. The van der Waals surface area contributed by atoms with E-state index >= 15 is 0 Å². The molecule has 1 amide bonds. The molecular formula is C37H42ClN6O8P. The lowest BCUT2D eigenvalue weighted by Gasteiger charge is -2.39. The van der Waals surface area contributed by atoms with Gasteiger partial charge in [0.2, 0.25) is 11.9 Å². The Labute approximate surface area is 311 Å². The average Bonchev–Trinajstić information content (AvgIpc) is 3.77. The molecule has 0 saturated carbocycles. The Balaban J connectivity index is 1.48. The van der Waals surface area contributed by atoms with Crippen molar-refractivity contribution >= 4 is 41.1 Å². The highest BCUT2D eigenvalue weighted by Gasteiger charge is 2.47. The Bertz CT molecular complexity index is 2100. The number of imidazole rings is 1. The van der Waals surface area contributed by atoms with Crippen molar-refractivity contribution in [1.29, 1.82) is 0 Å². The van der Waals surface area contributed by atoms with Gasteiger partial charge in [-0.25, -0.2) is 9.65 Å². The van der Waals surface area contributed by atoms with Crippen LogP contribution in [0.3, 0.4) is 0 Å². The van der Waals surface area contributed by atoms with E-state index in [1.165, 1.54) is 11.0 Å². The van der Waals surface area contributed by atoms with Gasteiger partial charge in [0.15, 0.2) is 11.2 Å². The summed E-state index contributed by atoms with van der Waals surface area (Å²) in [7, 11) is 6.33. The van der Waals surface area contributed by atoms with Gasteiger partial charge < -0.3 is 23.5 Å². The molecule has 0 spiro atoms. The summed E-state index contributed by atoms with van der Waals surface area (Å²) >= 11 is 6.33. The quantitative estimate of drug-likeness (QED) is 0.0963. The van der Waals surface area contributed by atoms with Crippen LogP contribution in [0.25, 0.3) is 11.2 Å². The van der Waals surface area contributed by atoms with E-state index in [1.54, 1.807) is 46.7 Å². The largest absolute Gasteiger partial charge is 0.497 e. The van der Waals surface area contributed by atoms with Crippen molar-refractivity contribution in [3.8, 4) is 11.5 Å². The Hall–Kier alpha value is -4.56. The van der Waals surface area contributed by atoms with E-state index in [1.807, 2.05) is 78.9 Å². The number of nitrogens with one attached hydrogen (secondary N) is 2. The molecule has 3 heterocycles. The minimum atomic E-state index is -3.72. The fourth-order valence-electron chi connectivity index (χ4n) is 6.14. The van der Waals surface area contributed by atoms with Crippen molar-refractivity contribution in [2.75, 3.05) is 40.2 Å². The molecule has 1 unspecified atom stereocenters. The van der Waals surface area contributed by atoms with Gasteiger partial charge in [-0.3, -0.25) is 29.0 Å². The molecule has 5 aromatic rings. The van der Waals surface area contributed by atoms with Gasteiger partial charge in [-0.2, -0.15) is 4.98 Å². The molecular weight excluding hydrogens is 723 g/mol. The number of amides is 1. The van der Waals surface area contributed by atoms with E-state index in [0.29, 0.717) is 11.5 Å². The van der Waals surface area contributed by atoms with Gasteiger partial charge in [0.1, 0.15) is 29.4 Å². The number of H-pyrrole nitrogens is 1. The fourth-order valence-corrected chi connectivity index (χ4v) is 6.87. The second-order valence-electron chi connectivity index (χ2n) is 13.0. The molecule has 16 heteroatoms. The molecule has 1 fully saturated rings. The zero-order valence-electron chi connectivity index (χ0n) is 30.2. The number of hydrogen-bond acceptors (Lipinski definition) is 10.